The molecule has 0 saturated heterocycles. The van der Waals surface area contributed by atoms with Gasteiger partial charge in [-0.15, -0.1) is 0 Å². The first kappa shape index (κ1) is 14.1. The summed E-state index contributed by atoms with van der Waals surface area (Å²) in [5, 5.41) is -0.0524. The molecular weight excluding hydrogens is 354 g/mol. The highest BCUT2D eigenvalue weighted by Gasteiger charge is 2.51. The monoisotopic (exact) mass is 367 g/mol. The Morgan fingerprint density at radius 1 is 1.00 bits per heavy atom. The number of hydrogen-bond acceptors (Lipinski definition) is 2. The highest BCUT2D eigenvalue weighted by Crippen LogP contribution is 2.43. The maximum atomic E-state index is 12.0. The zero-order valence-corrected chi connectivity index (χ0v) is 14.2. The topological polar surface area (TPSA) is 37.4 Å². The average molecular weight is 369 g/mol. The number of amides is 2. The standard InChI is InChI=1S/C10H15Br2NO2Si/c1-10(2,3)16(4,5)13-8(14)6(11)7(12)9(13)15/h1-5H3. The molecule has 0 saturated carbocycles. The Hall–Kier alpha value is 0.0569. The van der Waals surface area contributed by atoms with E-state index < -0.39 is 8.24 Å². The Labute approximate surface area is 114 Å². The van der Waals surface area contributed by atoms with Gasteiger partial charge in [-0.3, -0.25) is 9.59 Å². The van der Waals surface area contributed by atoms with Gasteiger partial charge in [0.2, 0.25) is 0 Å². The molecule has 1 aliphatic rings. The van der Waals surface area contributed by atoms with E-state index in [9.17, 15) is 9.59 Å². The molecule has 0 N–H and O–H groups in total. The second kappa shape index (κ2) is 4.06. The lowest BCUT2D eigenvalue weighted by atomic mass is 10.2. The van der Waals surface area contributed by atoms with E-state index in [1.54, 1.807) is 0 Å². The van der Waals surface area contributed by atoms with Crippen molar-refractivity contribution < 1.29 is 9.59 Å². The Bertz CT molecular complexity index is 372. The lowest BCUT2D eigenvalue weighted by Crippen LogP contribution is -2.57. The van der Waals surface area contributed by atoms with Crippen LogP contribution in [-0.2, 0) is 9.59 Å². The van der Waals surface area contributed by atoms with Crippen molar-refractivity contribution >= 4 is 51.9 Å². The van der Waals surface area contributed by atoms with Crippen LogP contribution in [0.4, 0.5) is 0 Å². The molecule has 0 aromatic rings. The van der Waals surface area contributed by atoms with Crippen molar-refractivity contribution in [3.05, 3.63) is 8.96 Å². The van der Waals surface area contributed by atoms with Crippen molar-refractivity contribution in [1.29, 1.82) is 0 Å². The summed E-state index contributed by atoms with van der Waals surface area (Å²) in [6, 6.07) is 0. The van der Waals surface area contributed by atoms with Crippen LogP contribution < -0.4 is 0 Å². The van der Waals surface area contributed by atoms with Gasteiger partial charge in [-0.25, -0.2) is 0 Å². The molecule has 0 spiro atoms. The number of carbonyl (C=O) groups is 2. The van der Waals surface area contributed by atoms with E-state index in [0.717, 1.165) is 0 Å². The summed E-state index contributed by atoms with van der Waals surface area (Å²) in [5.74, 6) is -0.438. The summed E-state index contributed by atoms with van der Waals surface area (Å²) in [5.41, 5.74) is 0. The van der Waals surface area contributed by atoms with Crippen LogP contribution in [0.25, 0.3) is 0 Å². The first-order valence-electron chi connectivity index (χ1n) is 4.96. The minimum absolute atomic E-state index is 0.0524. The predicted molar refractivity (Wildman–Crippen MR) is 73.9 cm³/mol. The maximum absolute atomic E-state index is 12.0. The van der Waals surface area contributed by atoms with E-state index in [1.165, 1.54) is 4.57 Å². The highest BCUT2D eigenvalue weighted by molar-refractivity contribution is 9.14. The van der Waals surface area contributed by atoms with Gasteiger partial charge < -0.3 is 4.57 Å². The van der Waals surface area contributed by atoms with E-state index in [-0.39, 0.29) is 16.9 Å². The third-order valence-corrected chi connectivity index (χ3v) is 10.6. The van der Waals surface area contributed by atoms with Gasteiger partial charge in [0.1, 0.15) is 8.96 Å². The minimum atomic E-state index is -2.15. The number of halogens is 2. The van der Waals surface area contributed by atoms with Gasteiger partial charge >= 0.3 is 0 Å². The van der Waals surface area contributed by atoms with E-state index >= 15 is 0 Å². The molecule has 0 bridgehead atoms. The largest absolute Gasteiger partial charge is 0.302 e. The number of carbonyl (C=O) groups excluding carboxylic acids is 2. The molecule has 1 heterocycles. The van der Waals surface area contributed by atoms with Gasteiger partial charge in [0.15, 0.2) is 8.24 Å². The lowest BCUT2D eigenvalue weighted by Gasteiger charge is -2.42. The van der Waals surface area contributed by atoms with Crippen molar-refractivity contribution in [2.24, 2.45) is 0 Å². The van der Waals surface area contributed by atoms with Gasteiger partial charge in [0.05, 0.1) is 0 Å². The van der Waals surface area contributed by atoms with Crippen molar-refractivity contribution in [2.75, 3.05) is 0 Å². The molecule has 16 heavy (non-hydrogen) atoms. The molecule has 0 aromatic heterocycles. The number of imide groups is 1. The zero-order chi connectivity index (χ0) is 12.9. The van der Waals surface area contributed by atoms with Gasteiger partial charge in [0.25, 0.3) is 11.8 Å². The van der Waals surface area contributed by atoms with Crippen LogP contribution in [0.2, 0.25) is 18.1 Å². The number of rotatable bonds is 1. The predicted octanol–water partition coefficient (Wildman–Crippen LogP) is 3.36. The summed E-state index contributed by atoms with van der Waals surface area (Å²) in [6.07, 6.45) is 0. The highest BCUT2D eigenvalue weighted by atomic mass is 79.9. The van der Waals surface area contributed by atoms with E-state index in [2.05, 4.69) is 52.6 Å². The average Bonchev–Trinajstić information content (AvgIpc) is 2.29. The van der Waals surface area contributed by atoms with Crippen LogP contribution in [0.5, 0.6) is 0 Å². The SMILES string of the molecule is CC(C)(C)[Si](C)(C)N1C(=O)C(Br)=C(Br)C1=O. The summed E-state index contributed by atoms with van der Waals surface area (Å²) < 4.78 is 2.12. The van der Waals surface area contributed by atoms with Gasteiger partial charge in [0, 0.05) is 0 Å². The van der Waals surface area contributed by atoms with E-state index in [0.29, 0.717) is 8.96 Å². The summed E-state index contributed by atoms with van der Waals surface area (Å²) in [4.78, 5) is 24.0. The molecule has 0 unspecified atom stereocenters. The first-order chi connectivity index (χ1) is 7.01. The fraction of sp³-hybridized carbons (Fsp3) is 0.600. The normalized spacial score (nSPS) is 18.8. The molecule has 0 aliphatic carbocycles. The second-order valence-corrected chi connectivity index (χ2v) is 12.0. The smallest absolute Gasteiger partial charge is 0.261 e. The molecule has 0 radical (unpaired) electrons. The van der Waals surface area contributed by atoms with Crippen LogP contribution in [-0.4, -0.2) is 24.6 Å². The molecular formula is C10H15Br2NO2Si. The Balaban J connectivity index is 3.21. The van der Waals surface area contributed by atoms with Gasteiger partial charge in [-0.1, -0.05) is 33.9 Å². The van der Waals surface area contributed by atoms with E-state index in [1.807, 2.05) is 13.1 Å². The van der Waals surface area contributed by atoms with Crippen molar-refractivity contribution in [3.8, 4) is 0 Å². The minimum Gasteiger partial charge on any atom is -0.302 e. The number of nitrogens with zero attached hydrogens (tertiary/aromatic N) is 1. The molecule has 1 aliphatic heterocycles. The maximum Gasteiger partial charge on any atom is 0.261 e. The zero-order valence-electron chi connectivity index (χ0n) is 10.0. The molecule has 1 rings (SSSR count). The molecule has 2 amide bonds. The molecule has 0 aromatic carbocycles. The summed E-state index contributed by atoms with van der Waals surface area (Å²) in [6.45, 7) is 10.3. The lowest BCUT2D eigenvalue weighted by molar-refractivity contribution is -0.132. The molecule has 90 valence electrons. The van der Waals surface area contributed by atoms with Gasteiger partial charge in [-0.05, 0) is 36.9 Å². The summed E-state index contributed by atoms with van der Waals surface area (Å²) in [7, 11) is -2.15. The van der Waals surface area contributed by atoms with Gasteiger partial charge in [-0.2, -0.15) is 0 Å². The van der Waals surface area contributed by atoms with E-state index in [4.69, 9.17) is 0 Å². The second-order valence-electron chi connectivity index (χ2n) is 5.38. The summed E-state index contributed by atoms with van der Waals surface area (Å²) >= 11 is 6.30. The molecule has 6 heteroatoms. The van der Waals surface area contributed by atoms with Crippen LogP contribution in [0.3, 0.4) is 0 Å². The first-order valence-corrected chi connectivity index (χ1v) is 9.49. The van der Waals surface area contributed by atoms with Crippen LogP contribution in [0, 0.1) is 0 Å². The van der Waals surface area contributed by atoms with Crippen LogP contribution in [0.1, 0.15) is 20.8 Å². The third-order valence-electron chi connectivity index (χ3n) is 3.37. The Kier molecular flexibility index (Phi) is 3.59. The van der Waals surface area contributed by atoms with Crippen LogP contribution in [0.15, 0.2) is 8.96 Å². The fourth-order valence-electron chi connectivity index (χ4n) is 1.32. The van der Waals surface area contributed by atoms with Crippen molar-refractivity contribution in [1.82, 2.24) is 4.57 Å². The van der Waals surface area contributed by atoms with Crippen molar-refractivity contribution in [2.45, 2.75) is 38.9 Å². The number of hydrogen-bond donors (Lipinski definition) is 0. The van der Waals surface area contributed by atoms with Crippen LogP contribution >= 0.6 is 31.9 Å². The fourth-order valence-corrected chi connectivity index (χ4v) is 4.25. The molecule has 0 fully saturated rings. The molecule has 0 atom stereocenters. The Morgan fingerprint density at radius 3 is 1.56 bits per heavy atom. The quantitative estimate of drug-likeness (QED) is 0.525. The molecule has 3 nitrogen and oxygen atoms in total. The third kappa shape index (κ3) is 1.95. The Morgan fingerprint density at radius 2 is 1.31 bits per heavy atom. The van der Waals surface area contributed by atoms with Crippen molar-refractivity contribution in [3.63, 3.8) is 0 Å².